The van der Waals surface area contributed by atoms with Crippen LogP contribution >= 0.6 is 0 Å². The third-order valence-corrected chi connectivity index (χ3v) is 4.02. The van der Waals surface area contributed by atoms with E-state index in [-0.39, 0.29) is 11.5 Å². The molecule has 0 spiro atoms. The van der Waals surface area contributed by atoms with E-state index in [2.05, 4.69) is 5.32 Å². The number of rotatable bonds is 1. The number of fused-ring (bicyclic) bond motifs is 1. The van der Waals surface area contributed by atoms with Crippen molar-refractivity contribution < 1.29 is 14.4 Å². The van der Waals surface area contributed by atoms with Crippen molar-refractivity contribution in [2.75, 3.05) is 12.3 Å². The number of nitrogens with zero attached hydrogens (tertiary/aromatic N) is 1. The van der Waals surface area contributed by atoms with Crippen LogP contribution in [-0.4, -0.2) is 34.7 Å². The van der Waals surface area contributed by atoms with Crippen molar-refractivity contribution in [3.05, 3.63) is 29.3 Å². The highest BCUT2D eigenvalue weighted by Gasteiger charge is 2.51. The number of anilines is 1. The maximum atomic E-state index is 12.5. The number of nitrogens with two attached hydrogens (primary N) is 1. The molecular formula is C14H15N3O3. The Labute approximate surface area is 115 Å². The molecule has 0 bridgehead atoms. The molecule has 0 radical (unpaired) electrons. The van der Waals surface area contributed by atoms with Gasteiger partial charge in [-0.1, -0.05) is 0 Å². The van der Waals surface area contributed by atoms with Gasteiger partial charge in [0, 0.05) is 12.2 Å². The maximum Gasteiger partial charge on any atom is 0.262 e. The van der Waals surface area contributed by atoms with E-state index >= 15 is 0 Å². The quantitative estimate of drug-likeness (QED) is 0.576. The van der Waals surface area contributed by atoms with Crippen LogP contribution in [-0.2, 0) is 4.79 Å². The van der Waals surface area contributed by atoms with Crippen molar-refractivity contribution in [1.29, 1.82) is 0 Å². The lowest BCUT2D eigenvalue weighted by molar-refractivity contribution is -0.132. The van der Waals surface area contributed by atoms with Gasteiger partial charge in [-0.3, -0.25) is 19.3 Å². The number of nitrogen functional groups attached to an aromatic ring is 1. The molecule has 1 fully saturated rings. The summed E-state index contributed by atoms with van der Waals surface area (Å²) in [4.78, 5) is 38.1. The van der Waals surface area contributed by atoms with Crippen LogP contribution in [0, 0.1) is 0 Å². The fourth-order valence-corrected chi connectivity index (χ4v) is 2.86. The standard InChI is InChI=1S/C14H15N3O3/c1-14(5-2-6-16-13(14)20)17-11(18)9-4-3-8(15)7-10(9)12(17)19/h3-4,7H,2,5-6,15H2,1H3,(H,16,20)/t14-/m0/s1. The first-order chi connectivity index (χ1) is 9.45. The van der Waals surface area contributed by atoms with Gasteiger partial charge < -0.3 is 11.1 Å². The molecule has 0 saturated carbocycles. The summed E-state index contributed by atoms with van der Waals surface area (Å²) in [7, 11) is 0. The number of carbonyl (C=O) groups excluding carboxylic acids is 3. The van der Waals surface area contributed by atoms with E-state index in [9.17, 15) is 14.4 Å². The molecule has 104 valence electrons. The summed E-state index contributed by atoms with van der Waals surface area (Å²) in [5.41, 5.74) is 5.54. The smallest absolute Gasteiger partial charge is 0.262 e. The normalized spacial score (nSPS) is 25.6. The third-order valence-electron chi connectivity index (χ3n) is 4.02. The molecule has 1 aromatic carbocycles. The first-order valence-corrected chi connectivity index (χ1v) is 6.52. The summed E-state index contributed by atoms with van der Waals surface area (Å²) in [6.07, 6.45) is 1.21. The molecule has 0 aromatic heterocycles. The van der Waals surface area contributed by atoms with Gasteiger partial charge in [0.25, 0.3) is 11.8 Å². The van der Waals surface area contributed by atoms with Gasteiger partial charge in [-0.15, -0.1) is 0 Å². The Morgan fingerprint density at radius 1 is 1.20 bits per heavy atom. The highest BCUT2D eigenvalue weighted by Crippen LogP contribution is 2.34. The number of nitrogens with one attached hydrogen (secondary N) is 1. The number of benzene rings is 1. The fourth-order valence-electron chi connectivity index (χ4n) is 2.86. The fraction of sp³-hybridized carbons (Fsp3) is 0.357. The molecule has 0 unspecified atom stereocenters. The lowest BCUT2D eigenvalue weighted by Crippen LogP contribution is -2.61. The van der Waals surface area contributed by atoms with Crippen molar-refractivity contribution >= 4 is 23.4 Å². The number of hydrogen-bond donors (Lipinski definition) is 2. The van der Waals surface area contributed by atoms with Gasteiger partial charge in [-0.2, -0.15) is 0 Å². The average Bonchev–Trinajstić information content (AvgIpc) is 2.65. The molecule has 6 nitrogen and oxygen atoms in total. The van der Waals surface area contributed by atoms with Gasteiger partial charge in [0.15, 0.2) is 0 Å². The van der Waals surface area contributed by atoms with Crippen LogP contribution in [0.2, 0.25) is 0 Å². The summed E-state index contributed by atoms with van der Waals surface area (Å²) in [6.45, 7) is 2.21. The predicted octanol–water partition coefficient (Wildman–Crippen LogP) is 0.533. The molecule has 2 aliphatic heterocycles. The van der Waals surface area contributed by atoms with Crippen LogP contribution in [0.15, 0.2) is 18.2 Å². The zero-order chi connectivity index (χ0) is 14.5. The second kappa shape index (κ2) is 4.06. The predicted molar refractivity (Wildman–Crippen MR) is 72.0 cm³/mol. The molecule has 2 heterocycles. The minimum atomic E-state index is -1.12. The Balaban J connectivity index is 2.07. The van der Waals surface area contributed by atoms with E-state index in [1.165, 1.54) is 12.1 Å². The van der Waals surface area contributed by atoms with Crippen molar-refractivity contribution in [3.63, 3.8) is 0 Å². The minimum Gasteiger partial charge on any atom is -0.399 e. The monoisotopic (exact) mass is 273 g/mol. The lowest BCUT2D eigenvalue weighted by Gasteiger charge is -2.38. The Bertz CT molecular complexity index is 641. The van der Waals surface area contributed by atoms with Gasteiger partial charge >= 0.3 is 0 Å². The number of amides is 3. The average molecular weight is 273 g/mol. The SMILES string of the molecule is C[C@]1(N2C(=O)c3ccc(N)cc3C2=O)CCCNC1=O. The second-order valence-corrected chi connectivity index (χ2v) is 5.38. The molecule has 1 saturated heterocycles. The van der Waals surface area contributed by atoms with E-state index in [0.717, 1.165) is 11.3 Å². The molecule has 3 N–H and O–H groups in total. The van der Waals surface area contributed by atoms with Crippen molar-refractivity contribution in [2.24, 2.45) is 0 Å². The van der Waals surface area contributed by atoms with Crippen LogP contribution in [0.4, 0.5) is 5.69 Å². The zero-order valence-corrected chi connectivity index (χ0v) is 11.1. The number of hydrogen-bond acceptors (Lipinski definition) is 4. The molecule has 2 aliphatic rings. The molecular weight excluding hydrogens is 258 g/mol. The highest BCUT2D eigenvalue weighted by atomic mass is 16.2. The summed E-state index contributed by atoms with van der Waals surface area (Å²) in [5, 5.41) is 2.72. The van der Waals surface area contributed by atoms with Crippen LogP contribution in [0.1, 0.15) is 40.5 Å². The summed E-state index contributed by atoms with van der Waals surface area (Å²) in [5.74, 6) is -1.16. The van der Waals surface area contributed by atoms with E-state index in [4.69, 9.17) is 5.73 Å². The number of carbonyl (C=O) groups is 3. The first-order valence-electron chi connectivity index (χ1n) is 6.52. The van der Waals surface area contributed by atoms with Gasteiger partial charge in [0.05, 0.1) is 11.1 Å². The van der Waals surface area contributed by atoms with E-state index in [0.29, 0.717) is 24.2 Å². The molecule has 0 aliphatic carbocycles. The third kappa shape index (κ3) is 1.54. The maximum absolute atomic E-state index is 12.5. The second-order valence-electron chi connectivity index (χ2n) is 5.38. The Hall–Kier alpha value is -2.37. The van der Waals surface area contributed by atoms with Crippen molar-refractivity contribution in [1.82, 2.24) is 10.2 Å². The van der Waals surface area contributed by atoms with Crippen molar-refractivity contribution in [2.45, 2.75) is 25.3 Å². The molecule has 6 heteroatoms. The minimum absolute atomic E-state index is 0.273. The highest BCUT2D eigenvalue weighted by molar-refractivity contribution is 6.23. The van der Waals surface area contributed by atoms with Crippen LogP contribution in [0.5, 0.6) is 0 Å². The summed E-state index contributed by atoms with van der Waals surface area (Å²) >= 11 is 0. The Morgan fingerprint density at radius 2 is 1.90 bits per heavy atom. The Morgan fingerprint density at radius 3 is 2.60 bits per heavy atom. The van der Waals surface area contributed by atoms with Gasteiger partial charge in [0.2, 0.25) is 5.91 Å². The van der Waals surface area contributed by atoms with Crippen LogP contribution in [0.3, 0.4) is 0 Å². The van der Waals surface area contributed by atoms with Crippen LogP contribution < -0.4 is 11.1 Å². The summed E-state index contributed by atoms with van der Waals surface area (Å²) < 4.78 is 0. The zero-order valence-electron chi connectivity index (χ0n) is 11.1. The van der Waals surface area contributed by atoms with Gasteiger partial charge in [-0.05, 0) is 38.0 Å². The lowest BCUT2D eigenvalue weighted by atomic mass is 9.89. The van der Waals surface area contributed by atoms with Crippen LogP contribution in [0.25, 0.3) is 0 Å². The van der Waals surface area contributed by atoms with Crippen molar-refractivity contribution in [3.8, 4) is 0 Å². The largest absolute Gasteiger partial charge is 0.399 e. The molecule has 20 heavy (non-hydrogen) atoms. The first kappa shape index (κ1) is 12.7. The Kier molecular flexibility index (Phi) is 2.57. The number of piperidine rings is 1. The number of imide groups is 1. The van der Waals surface area contributed by atoms with Gasteiger partial charge in [-0.25, -0.2) is 0 Å². The van der Waals surface area contributed by atoms with E-state index < -0.39 is 17.4 Å². The summed E-state index contributed by atoms with van der Waals surface area (Å²) in [6, 6.07) is 4.60. The van der Waals surface area contributed by atoms with E-state index in [1.54, 1.807) is 13.0 Å². The molecule has 3 rings (SSSR count). The topological polar surface area (TPSA) is 92.5 Å². The molecule has 1 atom stereocenters. The molecule has 3 amide bonds. The van der Waals surface area contributed by atoms with Gasteiger partial charge in [0.1, 0.15) is 5.54 Å². The van der Waals surface area contributed by atoms with E-state index in [1.807, 2.05) is 0 Å². The molecule has 1 aromatic rings.